The van der Waals surface area contributed by atoms with E-state index in [0.717, 1.165) is 38.6 Å². The van der Waals surface area contributed by atoms with Gasteiger partial charge in [-0.1, -0.05) is 90.5 Å². The number of carbonyl (C=O) groups excluding carboxylic acids is 3. The lowest BCUT2D eigenvalue weighted by Crippen LogP contribution is -2.42. The Kier molecular flexibility index (Phi) is 4.92. The van der Waals surface area contributed by atoms with E-state index in [2.05, 4.69) is 0 Å². The van der Waals surface area contributed by atoms with Crippen LogP contribution in [0.1, 0.15) is 28.2 Å². The summed E-state index contributed by atoms with van der Waals surface area (Å²) < 4.78 is 5.97. The molecule has 1 saturated heterocycles. The second kappa shape index (κ2) is 8.25. The maximum atomic E-state index is 14.2. The third-order valence-corrected chi connectivity index (χ3v) is 8.26. The molecule has 5 heteroatoms. The number of allylic oxidation sites excluding steroid dienone is 1. The van der Waals surface area contributed by atoms with Crippen molar-refractivity contribution in [3.63, 3.8) is 0 Å². The first-order chi connectivity index (χ1) is 18.4. The maximum Gasteiger partial charge on any atom is 0.319 e. The Balaban J connectivity index is 1.45. The highest BCUT2D eigenvalue weighted by Crippen LogP contribution is 2.55. The molecule has 186 valence electrons. The van der Waals surface area contributed by atoms with Gasteiger partial charge in [-0.25, -0.2) is 4.90 Å². The van der Waals surface area contributed by atoms with Gasteiger partial charge in [0.15, 0.2) is 0 Å². The quantitative estimate of drug-likeness (QED) is 0.193. The molecule has 38 heavy (non-hydrogen) atoms. The monoisotopic (exact) mass is 499 g/mol. The second-order valence-corrected chi connectivity index (χ2v) is 10.5. The number of nitrogens with zero attached hydrogens (tertiary/aromatic N) is 1. The summed E-state index contributed by atoms with van der Waals surface area (Å²) in [5, 5.41) is 1.82. The zero-order valence-corrected chi connectivity index (χ0v) is 21.0. The Labute approximate surface area is 220 Å². The van der Waals surface area contributed by atoms with E-state index in [1.807, 2.05) is 105 Å². The van der Waals surface area contributed by atoms with Crippen LogP contribution < -0.4 is 9.64 Å². The molecule has 0 aromatic heterocycles. The van der Waals surface area contributed by atoms with Crippen molar-refractivity contribution in [1.29, 1.82) is 0 Å². The van der Waals surface area contributed by atoms with E-state index < -0.39 is 23.7 Å². The number of aryl methyl sites for hydroxylation is 2. The van der Waals surface area contributed by atoms with Crippen molar-refractivity contribution < 1.29 is 19.1 Å². The molecule has 0 spiro atoms. The molecule has 2 aliphatic heterocycles. The molecule has 0 radical (unpaired) electrons. The van der Waals surface area contributed by atoms with Gasteiger partial charge in [-0.3, -0.25) is 14.4 Å². The first kappa shape index (κ1) is 22.7. The van der Waals surface area contributed by atoms with Crippen molar-refractivity contribution >= 4 is 39.8 Å². The van der Waals surface area contributed by atoms with Crippen LogP contribution in [0.5, 0.6) is 5.75 Å². The number of amides is 2. The number of hydrogen-bond donors (Lipinski definition) is 0. The van der Waals surface area contributed by atoms with Gasteiger partial charge in [0, 0.05) is 16.9 Å². The Morgan fingerprint density at radius 3 is 2.29 bits per heavy atom. The Bertz CT molecular complexity index is 1700. The predicted octanol–water partition coefficient (Wildman–Crippen LogP) is 5.98. The van der Waals surface area contributed by atoms with E-state index >= 15 is 0 Å². The molecule has 4 atom stereocenters. The van der Waals surface area contributed by atoms with E-state index in [9.17, 15) is 14.4 Å². The summed E-state index contributed by atoms with van der Waals surface area (Å²) in [7, 11) is 0. The van der Waals surface area contributed by atoms with Gasteiger partial charge in [0.2, 0.25) is 11.8 Å². The third-order valence-electron chi connectivity index (χ3n) is 8.26. The van der Waals surface area contributed by atoms with Gasteiger partial charge in [0.25, 0.3) is 0 Å². The van der Waals surface area contributed by atoms with E-state index in [-0.39, 0.29) is 17.7 Å². The van der Waals surface area contributed by atoms with Crippen LogP contribution >= 0.6 is 0 Å². The lowest BCUT2D eigenvalue weighted by molar-refractivity contribution is -0.142. The van der Waals surface area contributed by atoms with Crippen molar-refractivity contribution in [2.24, 2.45) is 17.8 Å². The van der Waals surface area contributed by atoms with Crippen LogP contribution in [0.3, 0.4) is 0 Å². The van der Waals surface area contributed by atoms with Crippen LogP contribution in [0.4, 0.5) is 5.69 Å². The number of esters is 1. The minimum atomic E-state index is -0.847. The van der Waals surface area contributed by atoms with Crippen molar-refractivity contribution in [3.8, 4) is 5.75 Å². The zero-order chi connectivity index (χ0) is 26.1. The van der Waals surface area contributed by atoms with Gasteiger partial charge in [0.05, 0.1) is 23.4 Å². The van der Waals surface area contributed by atoms with Crippen LogP contribution in [0.25, 0.3) is 16.3 Å². The topological polar surface area (TPSA) is 63.7 Å². The van der Waals surface area contributed by atoms with E-state index in [0.29, 0.717) is 11.4 Å². The van der Waals surface area contributed by atoms with Gasteiger partial charge in [-0.2, -0.15) is 0 Å². The van der Waals surface area contributed by atoms with Crippen LogP contribution in [0, 0.1) is 31.6 Å². The molecule has 0 bridgehead atoms. The molecule has 4 aromatic rings. The summed E-state index contributed by atoms with van der Waals surface area (Å²) in [6.07, 6.45) is 2.03. The van der Waals surface area contributed by atoms with Gasteiger partial charge in [0.1, 0.15) is 5.75 Å². The highest BCUT2D eigenvalue weighted by atomic mass is 16.5. The van der Waals surface area contributed by atoms with Gasteiger partial charge >= 0.3 is 5.97 Å². The molecule has 2 heterocycles. The molecule has 0 saturated carbocycles. The van der Waals surface area contributed by atoms with E-state index in [1.54, 1.807) is 0 Å². The summed E-state index contributed by atoms with van der Waals surface area (Å²) >= 11 is 0. The maximum absolute atomic E-state index is 14.2. The predicted molar refractivity (Wildman–Crippen MR) is 146 cm³/mol. The summed E-state index contributed by atoms with van der Waals surface area (Å²) in [4.78, 5) is 43.2. The first-order valence-electron chi connectivity index (χ1n) is 12.9. The highest BCUT2D eigenvalue weighted by molar-refractivity contribution is 6.25. The number of anilines is 1. The number of carbonyl (C=O) groups is 3. The molecule has 5 nitrogen and oxygen atoms in total. The van der Waals surface area contributed by atoms with Crippen LogP contribution in [0.2, 0.25) is 0 Å². The normalized spacial score (nSPS) is 24.0. The third kappa shape index (κ3) is 3.14. The molecule has 1 fully saturated rings. The van der Waals surface area contributed by atoms with Crippen molar-refractivity contribution in [1.82, 2.24) is 0 Å². The van der Waals surface area contributed by atoms with E-state index in [1.165, 1.54) is 4.90 Å². The number of hydrogen-bond acceptors (Lipinski definition) is 4. The largest absolute Gasteiger partial charge is 0.425 e. The lowest BCUT2D eigenvalue weighted by atomic mass is 9.64. The summed E-state index contributed by atoms with van der Waals surface area (Å²) in [5.74, 6) is -3.33. The van der Waals surface area contributed by atoms with Crippen LogP contribution in [-0.4, -0.2) is 17.8 Å². The number of ether oxygens (including phenoxy) is 1. The smallest absolute Gasteiger partial charge is 0.319 e. The molecule has 3 aliphatic rings. The number of rotatable bonds is 2. The fraction of sp³-hybridized carbons (Fsp3) is 0.182. The minimum Gasteiger partial charge on any atom is -0.425 e. The zero-order valence-electron chi connectivity index (χ0n) is 21.0. The fourth-order valence-corrected chi connectivity index (χ4v) is 6.58. The Morgan fingerprint density at radius 1 is 0.763 bits per heavy atom. The van der Waals surface area contributed by atoms with Crippen molar-refractivity contribution in [2.45, 2.75) is 19.8 Å². The molecule has 0 unspecified atom stereocenters. The number of imide groups is 1. The lowest BCUT2D eigenvalue weighted by Gasteiger charge is -2.38. The van der Waals surface area contributed by atoms with Crippen LogP contribution in [-0.2, 0) is 14.4 Å². The second-order valence-electron chi connectivity index (χ2n) is 10.5. The fourth-order valence-electron chi connectivity index (χ4n) is 6.58. The van der Waals surface area contributed by atoms with Gasteiger partial charge in [-0.05, 0) is 42.0 Å². The van der Waals surface area contributed by atoms with Crippen molar-refractivity contribution in [2.75, 3.05) is 4.90 Å². The number of fused-ring (bicyclic) bond motifs is 7. The summed E-state index contributed by atoms with van der Waals surface area (Å²) in [6, 6.07) is 27.2. The molecular formula is C33H25NO4. The van der Waals surface area contributed by atoms with Crippen LogP contribution in [0.15, 0.2) is 91.0 Å². The molecular weight excluding hydrogens is 474 g/mol. The summed E-state index contributed by atoms with van der Waals surface area (Å²) in [6.45, 7) is 3.88. The molecule has 0 N–H and O–H groups in total. The molecule has 1 aliphatic carbocycles. The average Bonchev–Trinajstić information content (AvgIpc) is 3.18. The molecule has 7 rings (SSSR count). The minimum absolute atomic E-state index is 0.270. The standard InChI is InChI=1S/C33H25NO4/c1-18-12-15-26(19(2)16-18)34-31(35)27-24(20-8-4-3-5-9-20)17-25-23-14-13-21-10-6-7-11-22(21)30(23)38-33(37)28(25)29(27)32(34)36/h3-17,24,27-29H,1-2H3/t24-,27+,28-,29+/m1/s1. The molecule has 4 aromatic carbocycles. The van der Waals surface area contributed by atoms with Gasteiger partial charge in [-0.15, -0.1) is 0 Å². The average molecular weight is 500 g/mol. The number of benzene rings is 4. The molecule has 2 amide bonds. The first-order valence-corrected chi connectivity index (χ1v) is 12.9. The summed E-state index contributed by atoms with van der Waals surface area (Å²) in [5.41, 5.74) is 4.98. The van der Waals surface area contributed by atoms with Gasteiger partial charge < -0.3 is 4.74 Å². The Hall–Kier alpha value is -4.51. The van der Waals surface area contributed by atoms with E-state index in [4.69, 9.17) is 4.74 Å². The Morgan fingerprint density at radius 2 is 1.50 bits per heavy atom. The SMILES string of the molecule is Cc1ccc(N2C(=O)[C@@H]3[C@@H]4C(=O)Oc5c(ccc6ccccc56)C4=C[C@H](c4ccccc4)[C@@H]3C2=O)c(C)c1. The van der Waals surface area contributed by atoms with Crippen molar-refractivity contribution in [3.05, 3.63) is 113 Å². The highest BCUT2D eigenvalue weighted by Gasteiger charge is 2.60.